The first-order valence-corrected chi connectivity index (χ1v) is 10.6. The van der Waals surface area contributed by atoms with Gasteiger partial charge in [-0.3, -0.25) is 14.9 Å². The van der Waals surface area contributed by atoms with Crippen molar-refractivity contribution in [3.63, 3.8) is 0 Å². The van der Waals surface area contributed by atoms with Gasteiger partial charge in [0.25, 0.3) is 5.69 Å². The molecule has 0 spiro atoms. The summed E-state index contributed by atoms with van der Waals surface area (Å²) in [5.74, 6) is -0.126. The van der Waals surface area contributed by atoms with E-state index in [0.717, 1.165) is 17.8 Å². The number of hydrogen-bond acceptors (Lipinski definition) is 8. The van der Waals surface area contributed by atoms with Gasteiger partial charge in [-0.2, -0.15) is 4.72 Å². The lowest BCUT2D eigenvalue weighted by Gasteiger charge is -2.09. The van der Waals surface area contributed by atoms with E-state index in [2.05, 4.69) is 4.72 Å². The van der Waals surface area contributed by atoms with E-state index in [1.54, 1.807) is 30.5 Å². The molecule has 0 saturated heterocycles. The molecular weight excluding hydrogens is 408 g/mol. The minimum atomic E-state index is -4.11. The van der Waals surface area contributed by atoms with Crippen LogP contribution in [0, 0.1) is 10.1 Å². The Balaban J connectivity index is 1.97. The Kier molecular flexibility index (Phi) is 7.38. The van der Waals surface area contributed by atoms with Gasteiger partial charge >= 0.3 is 5.97 Å². The summed E-state index contributed by atoms with van der Waals surface area (Å²) in [6.07, 6.45) is 1.65. The topological polar surface area (TPSA) is 125 Å². The normalized spacial score (nSPS) is 11.1. The minimum absolute atomic E-state index is 0.0293. The van der Waals surface area contributed by atoms with Crippen LogP contribution in [-0.4, -0.2) is 39.2 Å². The fourth-order valence-corrected chi connectivity index (χ4v) is 3.69. The van der Waals surface area contributed by atoms with E-state index in [9.17, 15) is 23.3 Å². The molecule has 0 amide bonds. The first kappa shape index (κ1) is 21.7. The van der Waals surface area contributed by atoms with Gasteiger partial charge in [0.2, 0.25) is 10.0 Å². The number of carbonyl (C=O) groups excluding carboxylic acids is 1. The number of hydrogen-bond donors (Lipinski definition) is 1. The van der Waals surface area contributed by atoms with E-state index in [1.807, 2.05) is 0 Å². The molecule has 0 unspecified atom stereocenters. The van der Waals surface area contributed by atoms with Gasteiger partial charge in [-0.1, -0.05) is 12.1 Å². The van der Waals surface area contributed by atoms with Crippen LogP contribution >= 0.6 is 11.8 Å². The lowest BCUT2D eigenvalue weighted by molar-refractivity contribution is -0.387. The van der Waals surface area contributed by atoms with Gasteiger partial charge in [-0.15, -0.1) is 11.8 Å². The summed E-state index contributed by atoms with van der Waals surface area (Å²) in [6, 6.07) is 10.4. The average Bonchev–Trinajstić information content (AvgIpc) is 2.70. The van der Waals surface area contributed by atoms with Gasteiger partial charge < -0.3 is 9.47 Å². The molecule has 2 aromatic carbocycles. The smallest absolute Gasteiger partial charge is 0.321 e. The van der Waals surface area contributed by atoms with Gasteiger partial charge in [0, 0.05) is 6.07 Å². The van der Waals surface area contributed by atoms with Gasteiger partial charge in [0.15, 0.2) is 0 Å². The Morgan fingerprint density at radius 2 is 1.89 bits per heavy atom. The predicted molar refractivity (Wildman–Crippen MR) is 103 cm³/mol. The Hall–Kier alpha value is -2.63. The number of benzene rings is 2. The van der Waals surface area contributed by atoms with Crippen LogP contribution in [0.25, 0.3) is 0 Å². The fraction of sp³-hybridized carbons (Fsp3) is 0.235. The molecule has 0 atom stereocenters. The van der Waals surface area contributed by atoms with Crippen LogP contribution in [0.3, 0.4) is 0 Å². The number of thioether (sulfide) groups is 1. The number of nitrogens with one attached hydrogen (secondary N) is 1. The third kappa shape index (κ3) is 5.68. The zero-order valence-corrected chi connectivity index (χ0v) is 16.7. The van der Waals surface area contributed by atoms with Gasteiger partial charge in [-0.05, 0) is 36.1 Å². The minimum Gasteiger partial charge on any atom is -0.497 e. The third-order valence-electron chi connectivity index (χ3n) is 3.62. The molecule has 150 valence electrons. The second kappa shape index (κ2) is 9.53. The number of methoxy groups -OCH3 is 1. The molecule has 9 nitrogen and oxygen atoms in total. The van der Waals surface area contributed by atoms with Crippen LogP contribution in [0.15, 0.2) is 52.3 Å². The molecule has 0 aromatic heterocycles. The Morgan fingerprint density at radius 1 is 1.21 bits per heavy atom. The molecular formula is C17H18N2O7S2. The van der Waals surface area contributed by atoms with Gasteiger partial charge in [0.05, 0.1) is 21.8 Å². The quantitative estimate of drug-likeness (QED) is 0.280. The van der Waals surface area contributed by atoms with Crippen LogP contribution in [0.4, 0.5) is 5.69 Å². The average molecular weight is 426 g/mol. The number of carbonyl (C=O) groups is 1. The van der Waals surface area contributed by atoms with Crippen molar-refractivity contribution in [3.05, 3.63) is 58.1 Å². The monoisotopic (exact) mass is 426 g/mol. The number of nitro benzene ring substituents is 1. The van der Waals surface area contributed by atoms with Crippen molar-refractivity contribution in [1.82, 2.24) is 4.72 Å². The number of ether oxygens (including phenoxy) is 2. The Labute approximate surface area is 166 Å². The standard InChI is InChI=1S/C17H18N2O7S2/c1-25-13-5-3-12(4-6-13)11-26-17(20)10-18-28(23,24)14-7-8-16(27-2)15(9-14)19(21)22/h3-9,18H,10-11H2,1-2H3. The maximum atomic E-state index is 12.3. The summed E-state index contributed by atoms with van der Waals surface area (Å²) < 4.78 is 36.7. The number of nitrogens with zero attached hydrogens (tertiary/aromatic N) is 1. The van der Waals surface area contributed by atoms with Gasteiger partial charge in [-0.25, -0.2) is 8.42 Å². The number of esters is 1. The predicted octanol–water partition coefficient (Wildman–Crippen LogP) is 2.35. The summed E-state index contributed by atoms with van der Waals surface area (Å²) in [5, 5.41) is 11.1. The third-order valence-corrected chi connectivity index (χ3v) is 5.81. The molecule has 28 heavy (non-hydrogen) atoms. The van der Waals surface area contributed by atoms with Crippen molar-refractivity contribution in [2.75, 3.05) is 19.9 Å². The van der Waals surface area contributed by atoms with E-state index in [4.69, 9.17) is 9.47 Å². The van der Waals surface area contributed by atoms with Crippen molar-refractivity contribution in [1.29, 1.82) is 0 Å². The van der Waals surface area contributed by atoms with Crippen LogP contribution in [0.5, 0.6) is 5.75 Å². The van der Waals surface area contributed by atoms with E-state index in [-0.39, 0.29) is 17.2 Å². The largest absolute Gasteiger partial charge is 0.497 e. The molecule has 2 rings (SSSR count). The Bertz CT molecular complexity index is 960. The fourth-order valence-electron chi connectivity index (χ4n) is 2.15. The number of sulfonamides is 1. The highest BCUT2D eigenvalue weighted by Crippen LogP contribution is 2.29. The second-order valence-corrected chi connectivity index (χ2v) is 8.04. The lowest BCUT2D eigenvalue weighted by atomic mass is 10.2. The number of rotatable bonds is 9. The SMILES string of the molecule is COc1ccc(COC(=O)CNS(=O)(=O)c2ccc(SC)c([N+](=O)[O-])c2)cc1. The van der Waals surface area contributed by atoms with Crippen molar-refractivity contribution in [2.45, 2.75) is 16.4 Å². The first-order valence-electron chi connectivity index (χ1n) is 7.87. The highest BCUT2D eigenvalue weighted by atomic mass is 32.2. The van der Waals surface area contributed by atoms with Crippen LogP contribution in [0.2, 0.25) is 0 Å². The summed E-state index contributed by atoms with van der Waals surface area (Å²) in [4.78, 5) is 22.3. The van der Waals surface area contributed by atoms with Crippen molar-refractivity contribution in [2.24, 2.45) is 0 Å². The van der Waals surface area contributed by atoms with Crippen LogP contribution < -0.4 is 9.46 Å². The van der Waals surface area contributed by atoms with Crippen molar-refractivity contribution < 1.29 is 27.6 Å². The second-order valence-electron chi connectivity index (χ2n) is 5.42. The summed E-state index contributed by atoms with van der Waals surface area (Å²) >= 11 is 1.13. The highest BCUT2D eigenvalue weighted by molar-refractivity contribution is 7.98. The zero-order chi connectivity index (χ0) is 20.7. The van der Waals surface area contributed by atoms with E-state index in [0.29, 0.717) is 16.2 Å². The summed E-state index contributed by atoms with van der Waals surface area (Å²) in [5.41, 5.74) is 0.387. The summed E-state index contributed by atoms with van der Waals surface area (Å²) in [7, 11) is -2.58. The molecule has 1 N–H and O–H groups in total. The molecule has 0 radical (unpaired) electrons. The lowest BCUT2D eigenvalue weighted by Crippen LogP contribution is -2.30. The van der Waals surface area contributed by atoms with Gasteiger partial charge in [0.1, 0.15) is 18.9 Å². The van der Waals surface area contributed by atoms with Crippen molar-refractivity contribution in [3.8, 4) is 5.75 Å². The molecule has 0 fully saturated rings. The summed E-state index contributed by atoms with van der Waals surface area (Å²) in [6.45, 7) is -0.630. The number of nitro groups is 1. The highest BCUT2D eigenvalue weighted by Gasteiger charge is 2.22. The molecule has 0 aliphatic carbocycles. The molecule has 11 heteroatoms. The molecule has 0 aliphatic rings. The molecule has 0 aliphatic heterocycles. The van der Waals surface area contributed by atoms with Crippen LogP contribution in [-0.2, 0) is 26.2 Å². The maximum Gasteiger partial charge on any atom is 0.321 e. The Morgan fingerprint density at radius 3 is 2.46 bits per heavy atom. The maximum absolute atomic E-state index is 12.3. The molecule has 0 heterocycles. The van der Waals surface area contributed by atoms with E-state index < -0.39 is 27.5 Å². The molecule has 0 bridgehead atoms. The van der Waals surface area contributed by atoms with Crippen LogP contribution in [0.1, 0.15) is 5.56 Å². The van der Waals surface area contributed by atoms with Crippen molar-refractivity contribution >= 4 is 33.4 Å². The van der Waals surface area contributed by atoms with E-state index in [1.165, 1.54) is 19.2 Å². The molecule has 2 aromatic rings. The van der Waals surface area contributed by atoms with E-state index >= 15 is 0 Å². The zero-order valence-electron chi connectivity index (χ0n) is 15.1. The first-order chi connectivity index (χ1) is 13.3. The molecule has 0 saturated carbocycles.